The Bertz CT molecular complexity index is 3390. The van der Waals surface area contributed by atoms with E-state index in [1.165, 1.54) is 0 Å². The molecule has 2 aromatic heterocycles. The average Bonchev–Trinajstić information content (AvgIpc) is 3.84. The van der Waals surface area contributed by atoms with Gasteiger partial charge >= 0.3 is 0 Å². The molecule has 2 heterocycles. The molecule has 0 radical (unpaired) electrons. The summed E-state index contributed by atoms with van der Waals surface area (Å²) in [6.07, 6.45) is 0. The van der Waals surface area contributed by atoms with Crippen LogP contribution in [0.15, 0.2) is 197 Å². The highest BCUT2D eigenvalue weighted by Gasteiger charge is 2.21. The molecule has 0 unspecified atom stereocenters. The van der Waals surface area contributed by atoms with Crippen molar-refractivity contribution in [2.24, 2.45) is 0 Å². The fraction of sp³-hybridized carbons (Fsp3) is 0. The van der Waals surface area contributed by atoms with Crippen molar-refractivity contribution in [1.29, 1.82) is 0 Å². The molecular formula is C50H31NO2. The molecule has 0 saturated carbocycles. The first kappa shape index (κ1) is 25.8. The molecule has 11 aromatic rings. The predicted molar refractivity (Wildman–Crippen MR) is 222 cm³/mol. The van der Waals surface area contributed by atoms with E-state index in [-0.39, 0.29) is 35.4 Å². The Labute approximate surface area is 311 Å². The van der Waals surface area contributed by atoms with Crippen LogP contribution in [0, 0.1) is 0 Å². The SMILES string of the molecule is [2H]c1c([2H])c(N(c2ccc(-c3cccc4ccccc34)cc2)c2cccc3oc4c5ccccc5ccc4c23)c([2H])c([2H])c1-c1cccc2c1oc1ccccc12. The summed E-state index contributed by atoms with van der Waals surface area (Å²) in [7, 11) is 0. The summed E-state index contributed by atoms with van der Waals surface area (Å²) >= 11 is 0. The number of nitrogens with zero attached hydrogens (tertiary/aromatic N) is 1. The lowest BCUT2D eigenvalue weighted by atomic mass is 9.98. The second-order valence-electron chi connectivity index (χ2n) is 13.3. The largest absolute Gasteiger partial charge is 0.455 e. The predicted octanol–water partition coefficient (Wildman–Crippen LogP) is 14.6. The average molecular weight is 682 g/mol. The standard InChI is InChI=1S/C50H31NO2/c1-3-13-38-32(10-1)12-7-16-39(38)34-22-27-36(28-23-34)51(45-19-9-21-47-48(45)44-31-26-33-11-2-4-14-40(33)50(44)53-47)37-29-24-35(25-30-37)41-17-8-18-43-42-15-5-6-20-46(42)52-49(41)43/h1-31H/i24D,25D,29D,30D. The Morgan fingerprint density at radius 3 is 1.85 bits per heavy atom. The first-order valence-corrected chi connectivity index (χ1v) is 17.7. The van der Waals surface area contributed by atoms with Gasteiger partial charge < -0.3 is 13.7 Å². The number of benzene rings is 9. The number of furan rings is 2. The first-order chi connectivity index (χ1) is 28.0. The van der Waals surface area contributed by atoms with Gasteiger partial charge in [-0.15, -0.1) is 0 Å². The van der Waals surface area contributed by atoms with Crippen LogP contribution in [-0.2, 0) is 0 Å². The molecule has 0 fully saturated rings. The number of hydrogen-bond acceptors (Lipinski definition) is 3. The summed E-state index contributed by atoms with van der Waals surface area (Å²) in [5.41, 5.74) is 6.89. The summed E-state index contributed by atoms with van der Waals surface area (Å²) in [5, 5.41) is 7.80. The number of rotatable bonds is 5. The van der Waals surface area contributed by atoms with Crippen molar-refractivity contribution in [1.82, 2.24) is 0 Å². The van der Waals surface area contributed by atoms with Crippen LogP contribution < -0.4 is 4.90 Å². The Morgan fingerprint density at radius 2 is 1.00 bits per heavy atom. The van der Waals surface area contributed by atoms with E-state index in [0.29, 0.717) is 33.7 Å². The molecule has 0 N–H and O–H groups in total. The summed E-state index contributed by atoms with van der Waals surface area (Å²) in [6, 6.07) is 53.4. The van der Waals surface area contributed by atoms with E-state index in [2.05, 4.69) is 60.7 Å². The van der Waals surface area contributed by atoms with E-state index in [1.807, 2.05) is 102 Å². The molecular weight excluding hydrogens is 647 g/mol. The van der Waals surface area contributed by atoms with Crippen LogP contribution in [0.1, 0.15) is 5.48 Å². The van der Waals surface area contributed by atoms with E-state index in [1.54, 1.807) is 6.07 Å². The van der Waals surface area contributed by atoms with E-state index in [9.17, 15) is 5.48 Å². The van der Waals surface area contributed by atoms with Gasteiger partial charge in [0.05, 0.1) is 16.6 Å². The topological polar surface area (TPSA) is 29.5 Å². The van der Waals surface area contributed by atoms with Gasteiger partial charge in [0.25, 0.3) is 0 Å². The van der Waals surface area contributed by atoms with Gasteiger partial charge in [0.15, 0.2) is 0 Å². The van der Waals surface area contributed by atoms with Gasteiger partial charge in [-0.2, -0.15) is 0 Å². The molecule has 0 aliphatic carbocycles. The second kappa shape index (κ2) is 11.7. The molecule has 0 amide bonds. The van der Waals surface area contributed by atoms with Gasteiger partial charge in [0.1, 0.15) is 22.3 Å². The van der Waals surface area contributed by atoms with Crippen molar-refractivity contribution in [3.63, 3.8) is 0 Å². The van der Waals surface area contributed by atoms with Gasteiger partial charge in [-0.05, 0) is 81.3 Å². The van der Waals surface area contributed by atoms with Crippen LogP contribution in [0.4, 0.5) is 17.1 Å². The van der Waals surface area contributed by atoms with Crippen molar-refractivity contribution in [3.05, 3.63) is 188 Å². The minimum atomic E-state index is -0.174. The van der Waals surface area contributed by atoms with Crippen molar-refractivity contribution < 1.29 is 14.3 Å². The van der Waals surface area contributed by atoms with Crippen LogP contribution in [0.3, 0.4) is 0 Å². The van der Waals surface area contributed by atoms with Crippen LogP contribution in [0.5, 0.6) is 0 Å². The number of anilines is 3. The minimum Gasteiger partial charge on any atom is -0.455 e. The van der Waals surface area contributed by atoms with E-state index >= 15 is 0 Å². The fourth-order valence-corrected chi connectivity index (χ4v) is 7.87. The molecule has 0 aliphatic rings. The van der Waals surface area contributed by atoms with Crippen LogP contribution in [0.25, 0.3) is 87.7 Å². The Balaban J connectivity index is 1.17. The summed E-state index contributed by atoms with van der Waals surface area (Å²) in [4.78, 5) is 1.85. The van der Waals surface area contributed by atoms with Crippen LogP contribution in [0.2, 0.25) is 0 Å². The third-order valence-corrected chi connectivity index (χ3v) is 10.3. The second-order valence-corrected chi connectivity index (χ2v) is 13.3. The van der Waals surface area contributed by atoms with Crippen LogP contribution in [-0.4, -0.2) is 0 Å². The zero-order valence-electron chi connectivity index (χ0n) is 32.4. The number of hydrogen-bond donors (Lipinski definition) is 0. The minimum absolute atomic E-state index is 0.131. The highest BCUT2D eigenvalue weighted by atomic mass is 16.3. The smallest absolute Gasteiger partial charge is 0.143 e. The van der Waals surface area contributed by atoms with Gasteiger partial charge in [-0.25, -0.2) is 0 Å². The van der Waals surface area contributed by atoms with E-state index < -0.39 is 0 Å². The Hall–Kier alpha value is -7.10. The molecule has 0 atom stereocenters. The molecule has 0 bridgehead atoms. The quantitative estimate of drug-likeness (QED) is 0.181. The van der Waals surface area contributed by atoms with E-state index in [4.69, 9.17) is 8.83 Å². The third-order valence-electron chi connectivity index (χ3n) is 10.3. The Morgan fingerprint density at radius 1 is 0.377 bits per heavy atom. The third kappa shape index (κ3) is 4.68. The molecule has 11 rings (SSSR count). The van der Waals surface area contributed by atoms with Crippen molar-refractivity contribution in [3.8, 4) is 22.3 Å². The van der Waals surface area contributed by atoms with Crippen LogP contribution >= 0.6 is 0 Å². The maximum Gasteiger partial charge on any atom is 0.143 e. The first-order valence-electron chi connectivity index (χ1n) is 19.7. The summed E-state index contributed by atoms with van der Waals surface area (Å²) in [5.74, 6) is 0. The summed E-state index contributed by atoms with van der Waals surface area (Å²) in [6.45, 7) is 0. The molecule has 0 saturated heterocycles. The monoisotopic (exact) mass is 681 g/mol. The molecule has 53 heavy (non-hydrogen) atoms. The highest BCUT2D eigenvalue weighted by molar-refractivity contribution is 6.19. The highest BCUT2D eigenvalue weighted by Crippen LogP contribution is 2.45. The van der Waals surface area contributed by atoms with Crippen molar-refractivity contribution in [2.45, 2.75) is 0 Å². The molecule has 3 heteroatoms. The van der Waals surface area contributed by atoms with Crippen molar-refractivity contribution in [2.75, 3.05) is 4.90 Å². The molecule has 0 spiro atoms. The maximum absolute atomic E-state index is 9.69. The maximum atomic E-state index is 9.69. The number of para-hydroxylation sites is 2. The van der Waals surface area contributed by atoms with Gasteiger partial charge in [-0.3, -0.25) is 0 Å². The van der Waals surface area contributed by atoms with Gasteiger partial charge in [-0.1, -0.05) is 139 Å². The molecule has 9 aromatic carbocycles. The lowest BCUT2D eigenvalue weighted by Crippen LogP contribution is -2.10. The molecule has 0 aliphatic heterocycles. The zero-order chi connectivity index (χ0) is 38.4. The lowest BCUT2D eigenvalue weighted by molar-refractivity contribution is 0.670. The van der Waals surface area contributed by atoms with Gasteiger partial charge in [0.2, 0.25) is 0 Å². The lowest BCUT2D eigenvalue weighted by Gasteiger charge is -2.26. The Kier molecular flexibility index (Phi) is 5.71. The number of fused-ring (bicyclic) bond motifs is 9. The normalized spacial score (nSPS) is 12.8. The van der Waals surface area contributed by atoms with E-state index in [0.717, 1.165) is 59.8 Å². The molecule has 248 valence electrons. The molecule has 3 nitrogen and oxygen atoms in total. The van der Waals surface area contributed by atoms with Gasteiger partial charge in [0, 0.05) is 38.5 Å². The fourth-order valence-electron chi connectivity index (χ4n) is 7.87. The summed E-state index contributed by atoms with van der Waals surface area (Å²) < 4.78 is 51.4. The zero-order valence-corrected chi connectivity index (χ0v) is 28.4. The van der Waals surface area contributed by atoms with Crippen molar-refractivity contribution >= 4 is 82.5 Å².